The number of hydrogen-bond donors (Lipinski definition) is 1. The van der Waals surface area contributed by atoms with Gasteiger partial charge in [-0.2, -0.15) is 0 Å². The smallest absolute Gasteiger partial charge is 0.232 e. The summed E-state index contributed by atoms with van der Waals surface area (Å²) >= 11 is 6.03. The maximum Gasteiger partial charge on any atom is 0.232 e. The molecule has 156 valence electrons. The number of halogens is 1. The normalized spacial score (nSPS) is 16.3. The second kappa shape index (κ2) is 7.70. The second-order valence-electron chi connectivity index (χ2n) is 7.78. The number of fused-ring (bicyclic) bond motifs is 1. The van der Waals surface area contributed by atoms with Gasteiger partial charge in [0.05, 0.1) is 29.9 Å². The Morgan fingerprint density at radius 1 is 1.21 bits per heavy atom. The average molecular weight is 436 g/mol. The first-order valence-corrected chi connectivity index (χ1v) is 12.0. The summed E-state index contributed by atoms with van der Waals surface area (Å²) in [7, 11) is -1.46. The first-order chi connectivity index (χ1) is 13.8. The number of anilines is 3. The number of aliphatic hydroxyl groups excluding tert-OH is 1. The summed E-state index contributed by atoms with van der Waals surface area (Å²) in [5, 5.41) is 14.2. The lowest BCUT2D eigenvalue weighted by molar-refractivity contribution is 0.291. The van der Waals surface area contributed by atoms with E-state index >= 15 is 0 Å². The SMILES string of the molecule is CN1c2cc(N(CCCO)S(C)(=O)=O)c(C3CC3)cc2CN1c1ccc(Cl)cc1. The van der Waals surface area contributed by atoms with Crippen LogP contribution in [0, 0.1) is 0 Å². The van der Waals surface area contributed by atoms with E-state index in [-0.39, 0.29) is 13.2 Å². The van der Waals surface area contributed by atoms with Crippen molar-refractivity contribution in [2.24, 2.45) is 0 Å². The van der Waals surface area contributed by atoms with Crippen molar-refractivity contribution in [2.45, 2.75) is 31.7 Å². The van der Waals surface area contributed by atoms with Crippen LogP contribution in [0.1, 0.15) is 36.3 Å². The third kappa shape index (κ3) is 4.04. The highest BCUT2D eigenvalue weighted by Crippen LogP contribution is 2.48. The van der Waals surface area contributed by atoms with E-state index in [2.05, 4.69) is 16.1 Å². The predicted octanol–water partition coefficient (Wildman–Crippen LogP) is 3.74. The molecule has 1 N–H and O–H groups in total. The monoisotopic (exact) mass is 435 g/mol. The Bertz CT molecular complexity index is 1010. The number of aliphatic hydroxyl groups is 1. The molecule has 0 amide bonds. The van der Waals surface area contributed by atoms with E-state index in [9.17, 15) is 13.5 Å². The van der Waals surface area contributed by atoms with Gasteiger partial charge in [0.1, 0.15) is 0 Å². The van der Waals surface area contributed by atoms with Crippen LogP contribution < -0.4 is 14.3 Å². The molecular formula is C21H26ClN3O3S. The van der Waals surface area contributed by atoms with Crippen LogP contribution in [0.5, 0.6) is 0 Å². The van der Waals surface area contributed by atoms with Gasteiger partial charge in [0.25, 0.3) is 0 Å². The Balaban J connectivity index is 1.75. The molecule has 8 heteroatoms. The zero-order valence-corrected chi connectivity index (χ0v) is 18.2. The summed E-state index contributed by atoms with van der Waals surface area (Å²) in [6.07, 6.45) is 3.80. The van der Waals surface area contributed by atoms with Crippen molar-refractivity contribution < 1.29 is 13.5 Å². The molecule has 4 rings (SSSR count). The summed E-state index contributed by atoms with van der Waals surface area (Å²) < 4.78 is 26.5. The lowest BCUT2D eigenvalue weighted by Gasteiger charge is -2.29. The third-order valence-corrected chi connectivity index (χ3v) is 7.02. The molecule has 1 heterocycles. The number of hydrogen-bond acceptors (Lipinski definition) is 5. The van der Waals surface area contributed by atoms with Crippen molar-refractivity contribution in [2.75, 3.05) is 40.8 Å². The summed E-state index contributed by atoms with van der Waals surface area (Å²) in [5.41, 5.74) is 5.05. The Labute approximate surface area is 177 Å². The highest BCUT2D eigenvalue weighted by atomic mass is 35.5. The van der Waals surface area contributed by atoms with E-state index in [4.69, 9.17) is 11.6 Å². The third-order valence-electron chi connectivity index (χ3n) is 5.59. The zero-order chi connectivity index (χ0) is 20.8. The van der Waals surface area contributed by atoms with Gasteiger partial charge in [-0.1, -0.05) is 11.6 Å². The number of sulfonamides is 1. The van der Waals surface area contributed by atoms with Gasteiger partial charge in [-0.05, 0) is 72.7 Å². The Hall–Kier alpha value is -1.96. The summed E-state index contributed by atoms with van der Waals surface area (Å²) in [5.74, 6) is 0.406. The number of benzene rings is 2. The van der Waals surface area contributed by atoms with Crippen LogP contribution >= 0.6 is 11.6 Å². The molecule has 0 saturated heterocycles. The van der Waals surface area contributed by atoms with Gasteiger partial charge in [-0.3, -0.25) is 14.3 Å². The fourth-order valence-corrected chi connectivity index (χ4v) is 5.06. The quantitative estimate of drug-likeness (QED) is 0.717. The molecule has 0 spiro atoms. The van der Waals surface area contributed by atoms with Gasteiger partial charge < -0.3 is 5.11 Å². The fourth-order valence-electron chi connectivity index (χ4n) is 3.96. The van der Waals surface area contributed by atoms with E-state index in [1.165, 1.54) is 16.1 Å². The molecule has 2 aromatic rings. The van der Waals surface area contributed by atoms with E-state index < -0.39 is 10.0 Å². The number of hydrazine groups is 1. The van der Waals surface area contributed by atoms with Crippen molar-refractivity contribution in [3.8, 4) is 0 Å². The first kappa shape index (κ1) is 20.3. The molecule has 0 bridgehead atoms. The van der Waals surface area contributed by atoms with Crippen molar-refractivity contribution in [1.82, 2.24) is 0 Å². The number of nitrogens with zero attached hydrogens (tertiary/aromatic N) is 3. The molecule has 0 radical (unpaired) electrons. The maximum absolute atomic E-state index is 12.5. The van der Waals surface area contributed by atoms with Gasteiger partial charge in [0, 0.05) is 25.2 Å². The van der Waals surface area contributed by atoms with Crippen LogP contribution in [0.25, 0.3) is 0 Å². The van der Waals surface area contributed by atoms with Gasteiger partial charge >= 0.3 is 0 Å². The fraction of sp³-hybridized carbons (Fsp3) is 0.429. The predicted molar refractivity (Wildman–Crippen MR) is 118 cm³/mol. The molecule has 29 heavy (non-hydrogen) atoms. The lowest BCUT2D eigenvalue weighted by atomic mass is 10.0. The number of rotatable bonds is 7. The van der Waals surface area contributed by atoms with E-state index in [1.807, 2.05) is 37.4 Å². The van der Waals surface area contributed by atoms with Gasteiger partial charge in [-0.25, -0.2) is 8.42 Å². The first-order valence-electron chi connectivity index (χ1n) is 9.81. The molecule has 6 nitrogen and oxygen atoms in total. The Morgan fingerprint density at radius 3 is 2.48 bits per heavy atom. The van der Waals surface area contributed by atoms with Crippen molar-refractivity contribution in [3.05, 3.63) is 52.5 Å². The minimum absolute atomic E-state index is 0.0417. The molecule has 1 aliphatic carbocycles. The highest BCUT2D eigenvalue weighted by Gasteiger charge is 2.34. The van der Waals surface area contributed by atoms with Crippen molar-refractivity contribution >= 4 is 38.7 Å². The molecule has 2 aliphatic rings. The van der Waals surface area contributed by atoms with Crippen molar-refractivity contribution in [1.29, 1.82) is 0 Å². The minimum Gasteiger partial charge on any atom is -0.396 e. The Morgan fingerprint density at radius 2 is 1.90 bits per heavy atom. The summed E-state index contributed by atoms with van der Waals surface area (Å²) in [6, 6.07) is 11.9. The maximum atomic E-state index is 12.5. The molecule has 0 atom stereocenters. The molecular weight excluding hydrogens is 410 g/mol. The van der Waals surface area contributed by atoms with Gasteiger partial charge in [0.15, 0.2) is 0 Å². The Kier molecular flexibility index (Phi) is 5.40. The molecule has 1 aliphatic heterocycles. The van der Waals surface area contributed by atoms with Crippen LogP contribution in [-0.4, -0.2) is 40.0 Å². The zero-order valence-electron chi connectivity index (χ0n) is 16.7. The van der Waals surface area contributed by atoms with Crippen LogP contribution in [0.2, 0.25) is 5.02 Å². The topological polar surface area (TPSA) is 64.1 Å². The van der Waals surface area contributed by atoms with Crippen LogP contribution in [0.4, 0.5) is 17.1 Å². The largest absolute Gasteiger partial charge is 0.396 e. The minimum atomic E-state index is -3.45. The van der Waals surface area contributed by atoms with E-state index in [0.717, 1.165) is 42.0 Å². The molecule has 2 aromatic carbocycles. The summed E-state index contributed by atoms with van der Waals surface area (Å²) in [4.78, 5) is 0. The van der Waals surface area contributed by atoms with E-state index in [1.54, 1.807) is 0 Å². The highest BCUT2D eigenvalue weighted by molar-refractivity contribution is 7.92. The molecule has 0 unspecified atom stereocenters. The second-order valence-corrected chi connectivity index (χ2v) is 10.1. The van der Waals surface area contributed by atoms with Crippen LogP contribution in [-0.2, 0) is 16.6 Å². The van der Waals surface area contributed by atoms with Crippen LogP contribution in [0.15, 0.2) is 36.4 Å². The molecule has 0 aromatic heterocycles. The van der Waals surface area contributed by atoms with Gasteiger partial charge in [0.2, 0.25) is 10.0 Å². The molecule has 1 saturated carbocycles. The summed E-state index contributed by atoms with van der Waals surface area (Å²) in [6.45, 7) is 0.960. The van der Waals surface area contributed by atoms with Crippen molar-refractivity contribution in [3.63, 3.8) is 0 Å². The van der Waals surface area contributed by atoms with E-state index in [0.29, 0.717) is 17.4 Å². The van der Waals surface area contributed by atoms with Gasteiger partial charge in [-0.15, -0.1) is 0 Å². The standard InChI is InChI=1S/C21H26ClN3O3S/c1-23-20-13-21(25(10-3-11-26)29(2,27)28)19(15-4-5-15)12-16(20)14-24(23)18-8-6-17(22)7-9-18/h6-9,12-13,15,26H,3-5,10-11,14H2,1-2H3. The lowest BCUT2D eigenvalue weighted by Crippen LogP contribution is -2.34. The van der Waals surface area contributed by atoms with Crippen LogP contribution in [0.3, 0.4) is 0 Å². The molecule has 1 fully saturated rings. The average Bonchev–Trinajstić information content (AvgIpc) is 3.46.